The molecule has 3 heterocycles. The van der Waals surface area contributed by atoms with E-state index in [2.05, 4.69) is 22.1 Å². The zero-order chi connectivity index (χ0) is 20.5. The Kier molecular flexibility index (Phi) is 5.93. The molecule has 3 aromatic heterocycles. The van der Waals surface area contributed by atoms with E-state index in [1.165, 1.54) is 11.3 Å². The number of hydrogen-bond donors (Lipinski definition) is 1. The van der Waals surface area contributed by atoms with Crippen LogP contribution in [-0.2, 0) is 23.0 Å². The third-order valence-electron chi connectivity index (χ3n) is 4.85. The lowest BCUT2D eigenvalue weighted by Crippen LogP contribution is -2.09. The van der Waals surface area contributed by atoms with Crippen LogP contribution in [0.25, 0.3) is 31.9 Å². The van der Waals surface area contributed by atoms with Crippen molar-refractivity contribution in [2.45, 2.75) is 17.6 Å². The van der Waals surface area contributed by atoms with Gasteiger partial charge in [-0.3, -0.25) is 0 Å². The monoisotopic (exact) mass is 446 g/mol. The highest BCUT2D eigenvalue weighted by atomic mass is 32.2. The van der Waals surface area contributed by atoms with E-state index < -0.39 is 11.2 Å². The number of nitrogens with two attached hydrogens (primary N) is 1. The van der Waals surface area contributed by atoms with Gasteiger partial charge in [-0.2, -0.15) is 0 Å². The first-order chi connectivity index (χ1) is 14.0. The quantitative estimate of drug-likeness (QED) is 0.334. The molecule has 0 aliphatic carbocycles. The minimum absolute atomic E-state index is 0.532. The van der Waals surface area contributed by atoms with Crippen LogP contribution in [-0.4, -0.2) is 38.6 Å². The van der Waals surface area contributed by atoms with Crippen LogP contribution in [0.4, 0.5) is 5.69 Å². The van der Waals surface area contributed by atoms with Gasteiger partial charge in [0.2, 0.25) is 4.21 Å². The first-order valence-electron chi connectivity index (χ1n) is 9.13. The van der Waals surface area contributed by atoms with Gasteiger partial charge >= 0.3 is 0 Å². The number of benzene rings is 1. The van der Waals surface area contributed by atoms with E-state index in [0.717, 1.165) is 48.4 Å². The van der Waals surface area contributed by atoms with Crippen LogP contribution < -0.4 is 5.73 Å². The number of anilines is 1. The number of aromatic nitrogens is 3. The van der Waals surface area contributed by atoms with Crippen molar-refractivity contribution in [1.29, 1.82) is 0 Å². The SMILES string of the molecule is COCCC[S+]([O-])c1sc2cc(-c3nccs3)cc(-c3cnc(C)n3C)c2c1N. The van der Waals surface area contributed by atoms with Crippen molar-refractivity contribution >= 4 is 49.6 Å². The summed E-state index contributed by atoms with van der Waals surface area (Å²) in [5, 5.41) is 3.85. The Labute approximate surface area is 180 Å². The van der Waals surface area contributed by atoms with Crippen LogP contribution in [0.2, 0.25) is 0 Å². The molecule has 1 aromatic carbocycles. The number of aryl methyl sites for hydroxylation is 1. The predicted molar refractivity (Wildman–Crippen MR) is 122 cm³/mol. The van der Waals surface area contributed by atoms with E-state index in [0.29, 0.717) is 18.0 Å². The molecule has 0 spiro atoms. The topological polar surface area (TPSA) is 89.0 Å². The molecular weight excluding hydrogens is 424 g/mol. The molecular formula is C20H22N4O2S3. The zero-order valence-electron chi connectivity index (χ0n) is 16.5. The highest BCUT2D eigenvalue weighted by Gasteiger charge is 2.25. The Bertz CT molecular complexity index is 1130. The summed E-state index contributed by atoms with van der Waals surface area (Å²) in [5.41, 5.74) is 10.1. The maximum Gasteiger partial charge on any atom is 0.230 e. The maximum atomic E-state index is 12.9. The van der Waals surface area contributed by atoms with Crippen LogP contribution in [0.1, 0.15) is 12.2 Å². The number of nitrogen functional groups attached to an aromatic ring is 1. The van der Waals surface area contributed by atoms with Crippen LogP contribution in [0.5, 0.6) is 0 Å². The largest absolute Gasteiger partial charge is 0.611 e. The summed E-state index contributed by atoms with van der Waals surface area (Å²) in [6.45, 7) is 2.56. The maximum absolute atomic E-state index is 12.9. The number of nitrogens with zero attached hydrogens (tertiary/aromatic N) is 3. The van der Waals surface area contributed by atoms with Crippen molar-refractivity contribution in [2.75, 3.05) is 25.2 Å². The molecule has 0 aliphatic heterocycles. The van der Waals surface area contributed by atoms with Crippen molar-refractivity contribution in [1.82, 2.24) is 14.5 Å². The molecule has 6 nitrogen and oxygen atoms in total. The number of thiazole rings is 1. The summed E-state index contributed by atoms with van der Waals surface area (Å²) in [5.74, 6) is 1.45. The van der Waals surface area contributed by atoms with Gasteiger partial charge < -0.3 is 19.6 Å². The Morgan fingerprint density at radius 3 is 2.79 bits per heavy atom. The fourth-order valence-electron chi connectivity index (χ4n) is 3.27. The first-order valence-corrected chi connectivity index (χ1v) is 12.1. The molecule has 9 heteroatoms. The van der Waals surface area contributed by atoms with E-state index in [-0.39, 0.29) is 0 Å². The highest BCUT2D eigenvalue weighted by molar-refractivity contribution is 7.93. The normalized spacial score (nSPS) is 12.7. The zero-order valence-corrected chi connectivity index (χ0v) is 18.9. The van der Waals surface area contributed by atoms with E-state index in [9.17, 15) is 4.55 Å². The summed E-state index contributed by atoms with van der Waals surface area (Å²) in [7, 11) is 3.64. The molecule has 29 heavy (non-hydrogen) atoms. The average molecular weight is 447 g/mol. The third-order valence-corrected chi connectivity index (χ3v) is 8.72. The summed E-state index contributed by atoms with van der Waals surface area (Å²) in [6.07, 6.45) is 4.40. The van der Waals surface area contributed by atoms with Crippen molar-refractivity contribution in [2.24, 2.45) is 7.05 Å². The van der Waals surface area contributed by atoms with E-state index in [4.69, 9.17) is 10.5 Å². The van der Waals surface area contributed by atoms with Crippen LogP contribution in [0, 0.1) is 6.92 Å². The summed E-state index contributed by atoms with van der Waals surface area (Å²) in [4.78, 5) is 8.92. The highest BCUT2D eigenvalue weighted by Crippen LogP contribution is 2.45. The van der Waals surface area contributed by atoms with Crippen molar-refractivity contribution < 1.29 is 9.29 Å². The molecule has 0 amide bonds. The predicted octanol–water partition coefficient (Wildman–Crippen LogP) is 4.46. The molecule has 0 aliphatic rings. The first kappa shape index (κ1) is 20.4. The van der Waals surface area contributed by atoms with Crippen molar-refractivity contribution in [3.63, 3.8) is 0 Å². The van der Waals surface area contributed by atoms with Gasteiger partial charge in [0.05, 0.1) is 18.5 Å². The molecule has 152 valence electrons. The van der Waals surface area contributed by atoms with Gasteiger partial charge in [-0.05, 0) is 30.2 Å². The molecule has 2 N–H and O–H groups in total. The minimum Gasteiger partial charge on any atom is -0.611 e. The summed E-state index contributed by atoms with van der Waals surface area (Å²) >= 11 is 1.94. The summed E-state index contributed by atoms with van der Waals surface area (Å²) in [6, 6.07) is 4.20. The minimum atomic E-state index is -1.16. The number of imidazole rings is 1. The molecule has 0 saturated heterocycles. The molecule has 0 fully saturated rings. The van der Waals surface area contributed by atoms with E-state index in [1.807, 2.05) is 30.1 Å². The summed E-state index contributed by atoms with van der Waals surface area (Å²) < 4.78 is 21.8. The Balaban J connectivity index is 1.90. The number of rotatable bonds is 7. The van der Waals surface area contributed by atoms with Gasteiger partial charge in [0.15, 0.2) is 0 Å². The fourth-order valence-corrected chi connectivity index (χ4v) is 6.62. The lowest BCUT2D eigenvalue weighted by molar-refractivity contribution is 0.199. The number of fused-ring (bicyclic) bond motifs is 1. The van der Waals surface area contributed by atoms with Gasteiger partial charge in [0, 0.05) is 53.4 Å². The van der Waals surface area contributed by atoms with Gasteiger partial charge in [0.25, 0.3) is 0 Å². The molecule has 1 unspecified atom stereocenters. The smallest absolute Gasteiger partial charge is 0.230 e. The van der Waals surface area contributed by atoms with Gasteiger partial charge in [-0.1, -0.05) is 11.3 Å². The number of ether oxygens (including phenoxy) is 1. The second-order valence-electron chi connectivity index (χ2n) is 6.68. The fraction of sp³-hybridized carbons (Fsp3) is 0.300. The van der Waals surface area contributed by atoms with Crippen LogP contribution in [0.3, 0.4) is 0 Å². The van der Waals surface area contributed by atoms with Crippen molar-refractivity contribution in [3.05, 3.63) is 35.7 Å². The standard InChI is InChI=1S/C20H22N4O2S3/c1-12-23-11-15(24(12)2)14-9-13(19-22-5-7-27-19)10-16-17(14)18(21)20(28-16)29(25)8-4-6-26-3/h5,7,9-11H,4,6,8,21H2,1-3H3. The molecule has 4 aromatic rings. The lowest BCUT2D eigenvalue weighted by atomic mass is 10.0. The Morgan fingerprint density at radius 2 is 2.14 bits per heavy atom. The van der Waals surface area contributed by atoms with Gasteiger partial charge in [-0.15, -0.1) is 11.3 Å². The number of hydrogen-bond acceptors (Lipinski definition) is 7. The van der Waals surface area contributed by atoms with Crippen LogP contribution in [0.15, 0.2) is 34.1 Å². The van der Waals surface area contributed by atoms with Crippen molar-refractivity contribution in [3.8, 4) is 21.8 Å². The molecule has 1 atom stereocenters. The number of methoxy groups -OCH3 is 1. The average Bonchev–Trinajstić information content (AvgIpc) is 3.43. The molecule has 0 radical (unpaired) electrons. The molecule has 4 rings (SSSR count). The second-order valence-corrected chi connectivity index (χ2v) is 10.4. The third kappa shape index (κ3) is 3.80. The second kappa shape index (κ2) is 8.45. The Hall–Kier alpha value is -1.91. The number of thiophene rings is 1. The van der Waals surface area contributed by atoms with Crippen LogP contribution >= 0.6 is 22.7 Å². The molecule has 0 bridgehead atoms. The van der Waals surface area contributed by atoms with E-state index in [1.54, 1.807) is 24.6 Å². The Morgan fingerprint density at radius 1 is 1.31 bits per heavy atom. The van der Waals surface area contributed by atoms with E-state index >= 15 is 0 Å². The molecule has 0 saturated carbocycles. The lowest BCUT2D eigenvalue weighted by Gasteiger charge is -2.10. The van der Waals surface area contributed by atoms with Gasteiger partial charge in [-0.25, -0.2) is 9.97 Å². The van der Waals surface area contributed by atoms with Gasteiger partial charge in [0.1, 0.15) is 22.3 Å².